The van der Waals surface area contributed by atoms with Gasteiger partial charge in [-0.2, -0.15) is 11.8 Å². The summed E-state index contributed by atoms with van der Waals surface area (Å²) in [6.07, 6.45) is 2.63. The van der Waals surface area contributed by atoms with Gasteiger partial charge in [-0.15, -0.1) is 0 Å². The van der Waals surface area contributed by atoms with Crippen LogP contribution in [0.2, 0.25) is 0 Å². The molecular formula is C15H23N3OS. The van der Waals surface area contributed by atoms with E-state index >= 15 is 0 Å². The van der Waals surface area contributed by atoms with Gasteiger partial charge in [0, 0.05) is 23.4 Å². The predicted molar refractivity (Wildman–Crippen MR) is 85.5 cm³/mol. The lowest BCUT2D eigenvalue weighted by atomic mass is 10.0. The third kappa shape index (κ3) is 3.67. The van der Waals surface area contributed by atoms with Crippen molar-refractivity contribution in [1.29, 1.82) is 0 Å². The van der Waals surface area contributed by atoms with Gasteiger partial charge in [0.25, 0.3) is 0 Å². The van der Waals surface area contributed by atoms with Gasteiger partial charge in [0.2, 0.25) is 0 Å². The van der Waals surface area contributed by atoms with Gasteiger partial charge in [-0.3, -0.25) is 0 Å². The Morgan fingerprint density at radius 2 is 2.35 bits per heavy atom. The molecule has 1 heterocycles. The summed E-state index contributed by atoms with van der Waals surface area (Å²) in [6.45, 7) is 6.29. The quantitative estimate of drug-likeness (QED) is 0.337. The molecule has 1 aliphatic rings. The van der Waals surface area contributed by atoms with Crippen LogP contribution < -0.4 is 11.1 Å². The van der Waals surface area contributed by atoms with E-state index in [1.54, 1.807) is 0 Å². The molecule has 1 unspecified atom stereocenters. The standard InChI is InChI=1S/C15H23N3OS/c1-11-8-12(14(16)18-19)4-5-13(11)9-17-10-15(2)6-3-7-20-15/h4-5,8,17,19H,3,6-7,9-10H2,1-2H3,(H2,16,18). The van der Waals surface area contributed by atoms with Crippen LogP contribution in [0, 0.1) is 6.92 Å². The number of amidine groups is 1. The third-order valence-corrected chi connectivity index (χ3v) is 5.40. The van der Waals surface area contributed by atoms with Crippen LogP contribution >= 0.6 is 11.8 Å². The molecule has 1 fully saturated rings. The molecule has 0 bridgehead atoms. The topological polar surface area (TPSA) is 70.6 Å². The van der Waals surface area contributed by atoms with Crippen LogP contribution in [0.15, 0.2) is 23.4 Å². The first kappa shape index (κ1) is 15.2. The van der Waals surface area contributed by atoms with Crippen LogP contribution in [0.5, 0.6) is 0 Å². The lowest BCUT2D eigenvalue weighted by molar-refractivity contribution is 0.318. The number of oxime groups is 1. The van der Waals surface area contributed by atoms with Crippen molar-refractivity contribution in [3.63, 3.8) is 0 Å². The fourth-order valence-electron chi connectivity index (χ4n) is 2.55. The molecule has 1 aromatic rings. The van der Waals surface area contributed by atoms with Gasteiger partial charge < -0.3 is 16.3 Å². The van der Waals surface area contributed by atoms with Crippen molar-refractivity contribution in [2.45, 2.75) is 38.0 Å². The van der Waals surface area contributed by atoms with Gasteiger partial charge in [-0.25, -0.2) is 0 Å². The lowest BCUT2D eigenvalue weighted by Gasteiger charge is -2.23. The Labute approximate surface area is 124 Å². The van der Waals surface area contributed by atoms with E-state index in [2.05, 4.69) is 36.1 Å². The summed E-state index contributed by atoms with van der Waals surface area (Å²) in [6, 6.07) is 5.89. The van der Waals surface area contributed by atoms with Crippen LogP contribution in [0.25, 0.3) is 0 Å². The Hall–Kier alpha value is -1.20. The number of hydrogen-bond acceptors (Lipinski definition) is 4. The zero-order valence-electron chi connectivity index (χ0n) is 12.1. The maximum atomic E-state index is 8.69. The van der Waals surface area contributed by atoms with Crippen molar-refractivity contribution in [2.24, 2.45) is 10.9 Å². The molecule has 5 heteroatoms. The maximum absolute atomic E-state index is 8.69. The van der Waals surface area contributed by atoms with E-state index in [0.717, 1.165) is 24.2 Å². The van der Waals surface area contributed by atoms with Crippen molar-refractivity contribution < 1.29 is 5.21 Å². The molecule has 0 aromatic heterocycles. The predicted octanol–water partition coefficient (Wildman–Crippen LogP) is 2.46. The van der Waals surface area contributed by atoms with Crippen LogP contribution in [0.3, 0.4) is 0 Å². The molecule has 1 saturated heterocycles. The van der Waals surface area contributed by atoms with E-state index in [1.807, 2.05) is 18.2 Å². The van der Waals surface area contributed by atoms with Crippen molar-refractivity contribution in [3.05, 3.63) is 34.9 Å². The highest BCUT2D eigenvalue weighted by Crippen LogP contribution is 2.36. The van der Waals surface area contributed by atoms with Crippen LogP contribution in [-0.4, -0.2) is 28.1 Å². The maximum Gasteiger partial charge on any atom is 0.170 e. The van der Waals surface area contributed by atoms with Crippen LogP contribution in [-0.2, 0) is 6.54 Å². The van der Waals surface area contributed by atoms with Gasteiger partial charge in [0.15, 0.2) is 5.84 Å². The first-order valence-electron chi connectivity index (χ1n) is 6.96. The summed E-state index contributed by atoms with van der Waals surface area (Å²) >= 11 is 2.07. The number of nitrogens with one attached hydrogen (secondary N) is 1. The van der Waals surface area contributed by atoms with E-state index in [0.29, 0.717) is 4.75 Å². The SMILES string of the molecule is Cc1cc(/C(N)=N/O)ccc1CNCC1(C)CCCS1. The largest absolute Gasteiger partial charge is 0.409 e. The second-order valence-electron chi connectivity index (χ2n) is 5.63. The molecule has 20 heavy (non-hydrogen) atoms. The summed E-state index contributed by atoms with van der Waals surface area (Å²) < 4.78 is 0.391. The average Bonchev–Trinajstić information content (AvgIpc) is 2.86. The highest BCUT2D eigenvalue weighted by Gasteiger charge is 2.28. The second-order valence-corrected chi connectivity index (χ2v) is 7.31. The van der Waals surface area contributed by atoms with Crippen LogP contribution in [0.1, 0.15) is 36.5 Å². The van der Waals surface area contributed by atoms with E-state index < -0.39 is 0 Å². The smallest absolute Gasteiger partial charge is 0.170 e. The molecular weight excluding hydrogens is 270 g/mol. The summed E-state index contributed by atoms with van der Waals surface area (Å²) in [5.74, 6) is 1.44. The summed E-state index contributed by atoms with van der Waals surface area (Å²) in [4.78, 5) is 0. The van der Waals surface area contributed by atoms with Gasteiger partial charge in [-0.1, -0.05) is 17.3 Å². The second kappa shape index (κ2) is 6.50. The van der Waals surface area contributed by atoms with Gasteiger partial charge in [0.1, 0.15) is 0 Å². The normalized spacial score (nSPS) is 23.2. The highest BCUT2D eigenvalue weighted by molar-refractivity contribution is 8.00. The van der Waals surface area contributed by atoms with E-state index in [4.69, 9.17) is 10.9 Å². The first-order valence-corrected chi connectivity index (χ1v) is 7.95. The molecule has 1 atom stereocenters. The number of hydrogen-bond donors (Lipinski definition) is 3. The van der Waals surface area contributed by atoms with Crippen molar-refractivity contribution in [1.82, 2.24) is 5.32 Å². The van der Waals surface area contributed by atoms with E-state index in [1.165, 1.54) is 24.2 Å². The van der Waals surface area contributed by atoms with Gasteiger partial charge in [-0.05, 0) is 49.6 Å². The molecule has 1 aromatic carbocycles. The summed E-state index contributed by atoms with van der Waals surface area (Å²) in [5.41, 5.74) is 8.77. The molecule has 0 aliphatic carbocycles. The Balaban J connectivity index is 1.93. The van der Waals surface area contributed by atoms with E-state index in [9.17, 15) is 0 Å². The molecule has 110 valence electrons. The fourth-order valence-corrected chi connectivity index (χ4v) is 3.82. The molecule has 0 amide bonds. The Kier molecular flexibility index (Phi) is 4.94. The Morgan fingerprint density at radius 3 is 2.95 bits per heavy atom. The Bertz CT molecular complexity index is 496. The van der Waals surface area contributed by atoms with Crippen molar-refractivity contribution in [2.75, 3.05) is 12.3 Å². The van der Waals surface area contributed by atoms with Crippen molar-refractivity contribution >= 4 is 17.6 Å². The zero-order chi connectivity index (χ0) is 14.6. The summed E-state index contributed by atoms with van der Waals surface area (Å²) in [5, 5.41) is 15.3. The minimum atomic E-state index is 0.155. The number of nitrogens with zero attached hydrogens (tertiary/aromatic N) is 1. The number of nitrogens with two attached hydrogens (primary N) is 1. The molecule has 2 rings (SSSR count). The highest BCUT2D eigenvalue weighted by atomic mass is 32.2. The number of benzene rings is 1. The van der Waals surface area contributed by atoms with Crippen LogP contribution in [0.4, 0.5) is 0 Å². The monoisotopic (exact) mass is 293 g/mol. The lowest BCUT2D eigenvalue weighted by Crippen LogP contribution is -2.32. The number of rotatable bonds is 5. The number of thioether (sulfide) groups is 1. The Morgan fingerprint density at radius 1 is 1.55 bits per heavy atom. The molecule has 0 radical (unpaired) electrons. The van der Waals surface area contributed by atoms with Gasteiger partial charge >= 0.3 is 0 Å². The minimum Gasteiger partial charge on any atom is -0.409 e. The van der Waals surface area contributed by atoms with Gasteiger partial charge in [0.05, 0.1) is 0 Å². The fraction of sp³-hybridized carbons (Fsp3) is 0.533. The zero-order valence-corrected chi connectivity index (χ0v) is 13.0. The third-order valence-electron chi connectivity index (χ3n) is 3.86. The average molecular weight is 293 g/mol. The molecule has 0 spiro atoms. The number of aryl methyl sites for hydroxylation is 1. The first-order chi connectivity index (χ1) is 9.54. The van der Waals surface area contributed by atoms with Crippen molar-refractivity contribution in [3.8, 4) is 0 Å². The summed E-state index contributed by atoms with van der Waals surface area (Å²) in [7, 11) is 0. The molecule has 1 aliphatic heterocycles. The minimum absolute atomic E-state index is 0.155. The molecule has 4 N–H and O–H groups in total. The van der Waals surface area contributed by atoms with E-state index in [-0.39, 0.29) is 5.84 Å². The molecule has 4 nitrogen and oxygen atoms in total. The molecule has 0 saturated carbocycles.